The van der Waals surface area contributed by atoms with Crippen molar-refractivity contribution in [2.75, 3.05) is 38.7 Å². The van der Waals surface area contributed by atoms with Crippen LogP contribution in [0.2, 0.25) is 0 Å². The van der Waals surface area contributed by atoms with Gasteiger partial charge < -0.3 is 8.61 Å². The molecule has 34 heavy (non-hydrogen) atoms. The van der Waals surface area contributed by atoms with E-state index in [1.54, 1.807) is 13.8 Å². The molecule has 2 aliphatic rings. The summed E-state index contributed by atoms with van der Waals surface area (Å²) in [5.74, 6) is 0.677. The van der Waals surface area contributed by atoms with Gasteiger partial charge in [-0.25, -0.2) is 16.8 Å². The molecular formula is C20H30Cl2N3O6RuS2-. The van der Waals surface area contributed by atoms with Gasteiger partial charge in [0.2, 0.25) is 0 Å². The van der Waals surface area contributed by atoms with Crippen LogP contribution >= 0.6 is 19.4 Å². The van der Waals surface area contributed by atoms with Gasteiger partial charge in [-0.2, -0.15) is 6.67 Å². The van der Waals surface area contributed by atoms with Gasteiger partial charge in [0.25, 0.3) is 0 Å². The van der Waals surface area contributed by atoms with Crippen molar-refractivity contribution >= 4 is 49.9 Å². The van der Waals surface area contributed by atoms with Crippen molar-refractivity contribution in [1.29, 1.82) is 0 Å². The third-order valence-electron chi connectivity index (χ3n) is 5.03. The third kappa shape index (κ3) is 8.80. The topological polar surface area (TPSA) is 104 Å². The second-order valence-electron chi connectivity index (χ2n) is 8.32. The number of benzene rings is 1. The Bertz CT molecular complexity index is 1080. The fourth-order valence-electron chi connectivity index (χ4n) is 3.32. The summed E-state index contributed by atoms with van der Waals surface area (Å²) in [6, 6.07) is 7.52. The minimum atomic E-state index is -3.32. The minimum absolute atomic E-state index is 0.0285. The number of ether oxygens (including phenoxy) is 1. The number of halogens is 2. The first-order valence-electron chi connectivity index (χ1n) is 10.3. The number of likely N-dealkylation sites (tertiary alicyclic amines) is 1. The molecule has 0 spiro atoms. The molecule has 0 unspecified atom stereocenters. The molecule has 3 rings (SSSR count). The van der Waals surface area contributed by atoms with Crippen LogP contribution in [0.1, 0.15) is 32.3 Å². The number of sulfonamides is 2. The van der Waals surface area contributed by atoms with Gasteiger partial charge in [0, 0.05) is 0 Å². The SMILES string of the molecule is CC(C)(Oc1ccccc1[CH]=[Ru]([Cl])[Cl])C(=O)N1CCCC1.CS(=O)(=O)N1[CH-]N(S(C)(=O)=O)CC1. The normalized spacial score (nSPS) is 18.3. The van der Waals surface area contributed by atoms with E-state index in [9.17, 15) is 21.6 Å². The predicted octanol–water partition coefficient (Wildman–Crippen LogP) is 2.18. The summed E-state index contributed by atoms with van der Waals surface area (Å²) in [7, 11) is 5.24. The molecule has 1 aromatic rings. The summed E-state index contributed by atoms with van der Waals surface area (Å²) in [6.45, 7) is 6.72. The number of hydrogen-bond donors (Lipinski definition) is 0. The smallest absolute Gasteiger partial charge is 0.185 e. The Labute approximate surface area is 215 Å². The van der Waals surface area contributed by atoms with Crippen LogP contribution in [0.3, 0.4) is 0 Å². The zero-order valence-corrected chi connectivity index (χ0v) is 24.3. The fraction of sp³-hybridized carbons (Fsp3) is 0.550. The molecule has 2 heterocycles. The molecule has 0 aromatic heterocycles. The summed E-state index contributed by atoms with van der Waals surface area (Å²) < 4.78 is 53.8. The van der Waals surface area contributed by atoms with E-state index in [1.165, 1.54) is 0 Å². The van der Waals surface area contributed by atoms with E-state index in [0.29, 0.717) is 5.75 Å². The quantitative estimate of drug-likeness (QED) is 0.348. The molecule has 14 heteroatoms. The van der Waals surface area contributed by atoms with Crippen LogP contribution in [0.4, 0.5) is 0 Å². The summed E-state index contributed by atoms with van der Waals surface area (Å²) in [4.78, 5) is 14.4. The molecule has 0 saturated carbocycles. The van der Waals surface area contributed by atoms with E-state index in [1.807, 2.05) is 33.8 Å². The van der Waals surface area contributed by atoms with Crippen LogP contribution in [-0.2, 0) is 38.4 Å². The van der Waals surface area contributed by atoms with Gasteiger partial charge in [0.15, 0.2) is 20.0 Å². The van der Waals surface area contributed by atoms with Gasteiger partial charge in [-0.3, -0.25) is 0 Å². The van der Waals surface area contributed by atoms with Crippen LogP contribution < -0.4 is 4.74 Å². The summed E-state index contributed by atoms with van der Waals surface area (Å²) in [5, 5.41) is 0. The third-order valence-corrected chi connectivity index (χ3v) is 9.12. The zero-order chi connectivity index (χ0) is 25.7. The van der Waals surface area contributed by atoms with Gasteiger partial charge in [-0.15, -0.1) is 0 Å². The van der Waals surface area contributed by atoms with E-state index >= 15 is 0 Å². The van der Waals surface area contributed by atoms with Crippen LogP contribution in [0.5, 0.6) is 5.75 Å². The van der Waals surface area contributed by atoms with Crippen LogP contribution in [0.15, 0.2) is 24.3 Å². The number of amides is 1. The van der Waals surface area contributed by atoms with Crippen molar-refractivity contribution in [3.63, 3.8) is 0 Å². The van der Waals surface area contributed by atoms with Crippen LogP contribution in [-0.4, -0.2) is 85.2 Å². The van der Waals surface area contributed by atoms with E-state index in [2.05, 4.69) is 0 Å². The fourth-order valence-corrected chi connectivity index (χ4v) is 6.58. The van der Waals surface area contributed by atoms with Crippen molar-refractivity contribution in [2.45, 2.75) is 32.3 Å². The zero-order valence-electron chi connectivity index (χ0n) is 19.4. The Morgan fingerprint density at radius 3 is 1.94 bits per heavy atom. The number of nitrogens with zero attached hydrogens (tertiary/aromatic N) is 3. The monoisotopic (exact) mass is 644 g/mol. The summed E-state index contributed by atoms with van der Waals surface area (Å²) >= 11 is -1.94. The van der Waals surface area contributed by atoms with Crippen LogP contribution in [0.25, 0.3) is 0 Å². The maximum absolute atomic E-state index is 12.6. The van der Waals surface area contributed by atoms with Crippen molar-refractivity contribution in [2.24, 2.45) is 0 Å². The first-order chi connectivity index (χ1) is 15.6. The van der Waals surface area contributed by atoms with Crippen molar-refractivity contribution < 1.29 is 39.9 Å². The Morgan fingerprint density at radius 1 is 1.00 bits per heavy atom. The Balaban J connectivity index is 0.000000270. The van der Waals surface area contributed by atoms with E-state index in [4.69, 9.17) is 24.1 Å². The molecule has 2 saturated heterocycles. The van der Waals surface area contributed by atoms with Gasteiger partial charge in [-0.05, 0) is 13.1 Å². The average Bonchev–Trinajstić information content (AvgIpc) is 3.40. The van der Waals surface area contributed by atoms with Crippen molar-refractivity contribution in [3.8, 4) is 5.75 Å². The Morgan fingerprint density at radius 2 is 1.50 bits per heavy atom. The molecule has 0 atom stereocenters. The Kier molecular flexibility index (Phi) is 10.5. The maximum atomic E-state index is 12.6. The first-order valence-corrected chi connectivity index (χ1v) is 19.5. The van der Waals surface area contributed by atoms with E-state index in [0.717, 1.165) is 59.3 Å². The molecule has 0 aliphatic carbocycles. The number of carbonyl (C=O) groups is 1. The van der Waals surface area contributed by atoms with E-state index < -0.39 is 39.2 Å². The molecule has 1 amide bonds. The average molecular weight is 645 g/mol. The van der Waals surface area contributed by atoms with Crippen molar-refractivity contribution in [3.05, 3.63) is 36.5 Å². The molecule has 1 aromatic carbocycles. The predicted molar refractivity (Wildman–Crippen MR) is 131 cm³/mol. The maximum Gasteiger partial charge on any atom is 0.185 e. The number of para-hydroxylation sites is 1. The Hall–Kier alpha value is -0.617. The summed E-state index contributed by atoms with van der Waals surface area (Å²) in [5.41, 5.74) is -0.0478. The molecule has 0 bridgehead atoms. The first kappa shape index (κ1) is 29.6. The van der Waals surface area contributed by atoms with Gasteiger partial charge in [0.1, 0.15) is 0 Å². The second kappa shape index (κ2) is 12.1. The number of rotatable bonds is 6. The molecule has 0 N–H and O–H groups in total. The molecule has 9 nitrogen and oxygen atoms in total. The molecule has 2 aliphatic heterocycles. The molecule has 196 valence electrons. The molecule has 2 fully saturated rings. The number of hydrogen-bond acceptors (Lipinski definition) is 6. The van der Waals surface area contributed by atoms with E-state index in [-0.39, 0.29) is 19.0 Å². The minimum Gasteiger partial charge on any atom is -0.336 e. The van der Waals surface area contributed by atoms with Gasteiger partial charge in [-0.1, -0.05) is 0 Å². The molecule has 0 radical (unpaired) electrons. The number of carbonyl (C=O) groups excluding carboxylic acids is 1. The second-order valence-corrected chi connectivity index (χ2v) is 17.9. The van der Waals surface area contributed by atoms with Crippen molar-refractivity contribution in [1.82, 2.24) is 13.5 Å². The molecular weight excluding hydrogens is 614 g/mol. The van der Waals surface area contributed by atoms with Gasteiger partial charge >= 0.3 is 139 Å². The van der Waals surface area contributed by atoms with Crippen LogP contribution in [0, 0.1) is 6.67 Å². The summed E-state index contributed by atoms with van der Waals surface area (Å²) in [6.07, 6.45) is 4.21. The standard InChI is InChI=1S/C15H19NO2.C5H11N2O4S2.2ClH.Ru/c1-12-8-4-5-9-13(12)18-15(2,3)14(17)16-10-6-7-11-16;1-12(8,9)6-3-4-7(5-6)13(2,10)11;;;/h1,4-5,8-9H,6-7,10-11H2,2-3H3;5H,3-4H2,1-2H3;2*1H;/q;-1;;;+2/p-2. The van der Waals surface area contributed by atoms with Gasteiger partial charge in [0.05, 0.1) is 12.5 Å². The largest absolute Gasteiger partial charge is 0.336 e.